The van der Waals surface area contributed by atoms with Crippen LogP contribution in [-0.4, -0.2) is 43.2 Å². The van der Waals surface area contributed by atoms with Crippen molar-refractivity contribution >= 4 is 12.6 Å². The van der Waals surface area contributed by atoms with E-state index in [0.29, 0.717) is 25.7 Å². The summed E-state index contributed by atoms with van der Waals surface area (Å²) in [6.07, 6.45) is -0.202. The van der Waals surface area contributed by atoms with Crippen LogP contribution in [0.4, 0.5) is 0 Å². The molecule has 5 rings (SSSR count). The van der Waals surface area contributed by atoms with Gasteiger partial charge in [-0.15, -0.1) is 0 Å². The Morgan fingerprint density at radius 1 is 0.791 bits per heavy atom. The van der Waals surface area contributed by atoms with Gasteiger partial charge in [-0.3, -0.25) is 0 Å². The molecule has 43 heavy (non-hydrogen) atoms. The van der Waals surface area contributed by atoms with E-state index in [2.05, 4.69) is 110 Å². The lowest BCUT2D eigenvalue weighted by molar-refractivity contribution is -0.209. The zero-order valence-corrected chi connectivity index (χ0v) is 27.2. The molecular weight excluding hydrogens is 535 g/mol. The van der Waals surface area contributed by atoms with Gasteiger partial charge in [-0.2, -0.15) is 0 Å². The van der Waals surface area contributed by atoms with E-state index in [9.17, 15) is 0 Å². The second kappa shape index (κ2) is 13.3. The molecule has 5 nitrogen and oxygen atoms in total. The van der Waals surface area contributed by atoms with Crippen LogP contribution in [0.25, 0.3) is 0 Å². The average molecular weight is 585 g/mol. The minimum Gasteiger partial charge on any atom is -0.399 e. The van der Waals surface area contributed by atoms with Gasteiger partial charge in [0.25, 0.3) is 0 Å². The van der Waals surface area contributed by atoms with Gasteiger partial charge in [0.05, 0.1) is 49.3 Å². The fourth-order valence-electron chi connectivity index (χ4n) is 6.33. The van der Waals surface area contributed by atoms with Crippen LogP contribution in [0.15, 0.2) is 78.9 Å². The molecule has 6 atom stereocenters. The molecule has 2 saturated heterocycles. The Morgan fingerprint density at radius 3 is 1.95 bits per heavy atom. The molecule has 0 saturated carbocycles. The van der Waals surface area contributed by atoms with Crippen LogP contribution in [0.1, 0.15) is 76.6 Å². The van der Waals surface area contributed by atoms with Crippen molar-refractivity contribution in [3.05, 3.63) is 101 Å². The summed E-state index contributed by atoms with van der Waals surface area (Å²) >= 11 is 0. The lowest BCUT2D eigenvalue weighted by atomic mass is 9.74. The lowest BCUT2D eigenvalue weighted by Crippen LogP contribution is -2.53. The fourth-order valence-corrected chi connectivity index (χ4v) is 6.33. The molecule has 2 aliphatic heterocycles. The molecule has 0 bridgehead atoms. The van der Waals surface area contributed by atoms with Crippen molar-refractivity contribution in [2.45, 2.75) is 104 Å². The van der Waals surface area contributed by atoms with Crippen molar-refractivity contribution in [2.75, 3.05) is 6.61 Å². The summed E-state index contributed by atoms with van der Waals surface area (Å²) in [6, 6.07) is 27.3. The van der Waals surface area contributed by atoms with Gasteiger partial charge >= 0.3 is 7.12 Å². The third kappa shape index (κ3) is 7.10. The Labute approximate surface area is 259 Å². The number of aryl methyl sites for hydroxylation is 1. The molecule has 3 aromatic carbocycles. The molecule has 0 aromatic heterocycles. The van der Waals surface area contributed by atoms with Crippen molar-refractivity contribution < 1.29 is 23.5 Å². The SMILES string of the molecule is Cc1cc(B2OC(C)(C)C(C)(C)O2)ccc1[C@@H](C)[C@H]1OC(COCc2ccccc2)[C@@H](C)[C@H](C)C1OCc1ccccc1. The number of rotatable bonds is 10. The van der Waals surface area contributed by atoms with Crippen LogP contribution in [0.5, 0.6) is 0 Å². The Hall–Kier alpha value is -2.48. The normalized spacial score (nSPS) is 27.3. The fraction of sp³-hybridized carbons (Fsp3) is 0.514. The molecular formula is C37H49BO5. The Balaban J connectivity index is 1.35. The monoisotopic (exact) mass is 584 g/mol. The molecule has 0 aliphatic carbocycles. The molecule has 0 spiro atoms. The lowest BCUT2D eigenvalue weighted by Gasteiger charge is -2.47. The van der Waals surface area contributed by atoms with Gasteiger partial charge in [0.2, 0.25) is 0 Å². The van der Waals surface area contributed by atoms with Gasteiger partial charge in [0, 0.05) is 5.92 Å². The van der Waals surface area contributed by atoms with Crippen molar-refractivity contribution in [3.8, 4) is 0 Å². The minimum absolute atomic E-state index is 0.0212. The summed E-state index contributed by atoms with van der Waals surface area (Å²) in [6.45, 7) is 19.1. The highest BCUT2D eigenvalue weighted by Crippen LogP contribution is 2.40. The summed E-state index contributed by atoms with van der Waals surface area (Å²) in [5, 5.41) is 0. The highest BCUT2D eigenvalue weighted by Gasteiger charge is 2.52. The van der Waals surface area contributed by atoms with E-state index < -0.39 is 0 Å². The van der Waals surface area contributed by atoms with Crippen LogP contribution in [0.2, 0.25) is 0 Å². The second-order valence-electron chi connectivity index (χ2n) is 13.6. The zero-order valence-electron chi connectivity index (χ0n) is 27.2. The van der Waals surface area contributed by atoms with E-state index in [1.165, 1.54) is 22.3 Å². The van der Waals surface area contributed by atoms with Gasteiger partial charge in [-0.05, 0) is 74.2 Å². The van der Waals surface area contributed by atoms with Crippen LogP contribution in [0, 0.1) is 18.8 Å². The molecule has 230 valence electrons. The van der Waals surface area contributed by atoms with Crippen molar-refractivity contribution in [1.82, 2.24) is 0 Å². The summed E-state index contributed by atoms with van der Waals surface area (Å²) in [5.41, 5.74) is 5.10. The first-order valence-electron chi connectivity index (χ1n) is 15.9. The standard InChI is InChI=1S/C37H49BO5/c1-25-21-31(38-42-36(5,6)37(7,8)43-38)19-20-32(25)28(4)35-34(40-23-30-17-13-10-14-18-30)27(3)26(2)33(41-35)24-39-22-29-15-11-9-12-16-29/h9-21,26-28,33-35H,22-24H2,1-8H3/t26-,27-,28+,33?,34?,35+/m0/s1. The highest BCUT2D eigenvalue weighted by atomic mass is 16.7. The van der Waals surface area contributed by atoms with Gasteiger partial charge in [-0.25, -0.2) is 0 Å². The summed E-state index contributed by atoms with van der Waals surface area (Å²) in [5.74, 6) is 0.686. The first kappa shape index (κ1) is 31.9. The maximum absolute atomic E-state index is 6.96. The summed E-state index contributed by atoms with van der Waals surface area (Å²) in [4.78, 5) is 0. The van der Waals surface area contributed by atoms with Gasteiger partial charge in [-0.1, -0.05) is 99.6 Å². The molecule has 0 amide bonds. The molecule has 3 aromatic rings. The molecule has 2 aliphatic rings. The largest absolute Gasteiger partial charge is 0.494 e. The van der Waals surface area contributed by atoms with Crippen LogP contribution < -0.4 is 5.46 Å². The number of ether oxygens (including phenoxy) is 3. The second-order valence-corrected chi connectivity index (χ2v) is 13.6. The quantitative estimate of drug-likeness (QED) is 0.235. The van der Waals surface area contributed by atoms with E-state index >= 15 is 0 Å². The van der Waals surface area contributed by atoms with E-state index in [4.69, 9.17) is 23.5 Å². The Bertz CT molecular complexity index is 1310. The summed E-state index contributed by atoms with van der Waals surface area (Å²) < 4.78 is 32.6. The van der Waals surface area contributed by atoms with Crippen molar-refractivity contribution in [2.24, 2.45) is 11.8 Å². The van der Waals surface area contributed by atoms with Crippen molar-refractivity contribution in [3.63, 3.8) is 0 Å². The maximum atomic E-state index is 6.96. The van der Waals surface area contributed by atoms with Gasteiger partial charge < -0.3 is 23.5 Å². The molecule has 0 N–H and O–H groups in total. The van der Waals surface area contributed by atoms with Crippen molar-refractivity contribution in [1.29, 1.82) is 0 Å². The minimum atomic E-state index is -0.382. The van der Waals surface area contributed by atoms with E-state index in [1.807, 2.05) is 24.3 Å². The van der Waals surface area contributed by atoms with E-state index in [1.54, 1.807) is 0 Å². The average Bonchev–Trinajstić information content (AvgIpc) is 3.21. The first-order chi connectivity index (χ1) is 20.5. The molecule has 6 heteroatoms. The highest BCUT2D eigenvalue weighted by molar-refractivity contribution is 6.62. The smallest absolute Gasteiger partial charge is 0.399 e. The first-order valence-corrected chi connectivity index (χ1v) is 15.9. The Morgan fingerprint density at radius 2 is 1.37 bits per heavy atom. The molecule has 0 radical (unpaired) electrons. The Kier molecular flexibility index (Phi) is 9.84. The summed E-state index contributed by atoms with van der Waals surface area (Å²) in [7, 11) is -0.382. The topological polar surface area (TPSA) is 46.2 Å². The van der Waals surface area contributed by atoms with Crippen LogP contribution in [0.3, 0.4) is 0 Å². The van der Waals surface area contributed by atoms with Gasteiger partial charge in [0.1, 0.15) is 0 Å². The predicted molar refractivity (Wildman–Crippen MR) is 173 cm³/mol. The third-order valence-electron chi connectivity index (χ3n) is 10.1. The molecule has 2 unspecified atom stereocenters. The molecule has 2 fully saturated rings. The zero-order chi connectivity index (χ0) is 30.8. The van der Waals surface area contributed by atoms with Gasteiger partial charge in [0.15, 0.2) is 0 Å². The predicted octanol–water partition coefficient (Wildman–Crippen LogP) is 7.24. The number of hydrogen-bond donors (Lipinski definition) is 0. The molecule has 2 heterocycles. The number of hydrogen-bond acceptors (Lipinski definition) is 5. The third-order valence-corrected chi connectivity index (χ3v) is 10.1. The van der Waals surface area contributed by atoms with E-state index in [-0.39, 0.29) is 48.5 Å². The maximum Gasteiger partial charge on any atom is 0.494 e. The van der Waals surface area contributed by atoms with E-state index in [0.717, 1.165) is 5.46 Å². The van der Waals surface area contributed by atoms with Crippen LogP contribution >= 0.6 is 0 Å². The van der Waals surface area contributed by atoms with Crippen LogP contribution in [-0.2, 0) is 36.7 Å². The number of benzene rings is 3.